The number of benzene rings is 1. The Hall–Kier alpha value is -1.86. The zero-order chi connectivity index (χ0) is 12.1. The number of hydrogen-bond acceptors (Lipinski definition) is 4. The highest BCUT2D eigenvalue weighted by atomic mass is 16.5. The highest BCUT2D eigenvalue weighted by Gasteiger charge is 2.15. The molecular weight excluding hydrogens is 204 g/mol. The number of nitrogens with two attached hydrogens (primary N) is 1. The van der Waals surface area contributed by atoms with Gasteiger partial charge in [0.25, 0.3) is 0 Å². The van der Waals surface area contributed by atoms with Crippen LogP contribution in [0.25, 0.3) is 0 Å². The first-order chi connectivity index (χ1) is 7.60. The number of esters is 1. The fourth-order valence-corrected chi connectivity index (χ4v) is 1.50. The summed E-state index contributed by atoms with van der Waals surface area (Å²) in [5, 5.41) is 8.86. The first kappa shape index (κ1) is 12.2. The van der Waals surface area contributed by atoms with Gasteiger partial charge >= 0.3 is 5.97 Å². The Labute approximate surface area is 94.6 Å². The second-order valence-corrected chi connectivity index (χ2v) is 3.54. The Morgan fingerprint density at radius 2 is 2.31 bits per heavy atom. The molecule has 16 heavy (non-hydrogen) atoms. The van der Waals surface area contributed by atoms with Crippen molar-refractivity contribution >= 4 is 5.97 Å². The van der Waals surface area contributed by atoms with Gasteiger partial charge < -0.3 is 10.5 Å². The molecule has 0 aliphatic rings. The molecule has 0 amide bonds. The molecule has 0 aromatic heterocycles. The predicted octanol–water partition coefficient (Wildman–Crippen LogP) is 0.909. The molecule has 84 valence electrons. The van der Waals surface area contributed by atoms with Crippen LogP contribution < -0.4 is 5.73 Å². The molecule has 0 aliphatic carbocycles. The third kappa shape index (κ3) is 2.59. The van der Waals surface area contributed by atoms with E-state index in [1.165, 1.54) is 7.11 Å². The van der Waals surface area contributed by atoms with Crippen LogP contribution in [0.4, 0.5) is 0 Å². The molecule has 0 unspecified atom stereocenters. The maximum Gasteiger partial charge on any atom is 0.322 e. The van der Waals surface area contributed by atoms with Crippen molar-refractivity contribution in [3.63, 3.8) is 0 Å². The van der Waals surface area contributed by atoms with E-state index < -0.39 is 12.0 Å². The van der Waals surface area contributed by atoms with E-state index in [0.29, 0.717) is 12.0 Å². The van der Waals surface area contributed by atoms with Gasteiger partial charge in [-0.3, -0.25) is 4.79 Å². The van der Waals surface area contributed by atoms with Crippen LogP contribution in [0.5, 0.6) is 0 Å². The molecule has 0 radical (unpaired) electrons. The first-order valence-electron chi connectivity index (χ1n) is 4.92. The fraction of sp³-hybridized carbons (Fsp3) is 0.333. The van der Waals surface area contributed by atoms with Gasteiger partial charge in [-0.2, -0.15) is 5.26 Å². The monoisotopic (exact) mass is 218 g/mol. The van der Waals surface area contributed by atoms with Crippen molar-refractivity contribution in [2.24, 2.45) is 5.73 Å². The second-order valence-electron chi connectivity index (χ2n) is 3.54. The van der Waals surface area contributed by atoms with Gasteiger partial charge in [-0.05, 0) is 30.5 Å². The highest BCUT2D eigenvalue weighted by molar-refractivity contribution is 5.75. The van der Waals surface area contributed by atoms with Crippen molar-refractivity contribution in [3.8, 4) is 6.07 Å². The van der Waals surface area contributed by atoms with Gasteiger partial charge in [0.2, 0.25) is 0 Å². The SMILES string of the molecule is COC(=O)[C@H](N)Cc1cccc(C#N)c1C. The molecule has 1 rings (SSSR count). The number of carbonyl (C=O) groups is 1. The van der Waals surface area contributed by atoms with Crippen LogP contribution in [0.2, 0.25) is 0 Å². The van der Waals surface area contributed by atoms with Gasteiger partial charge in [0.15, 0.2) is 0 Å². The number of methoxy groups -OCH3 is 1. The zero-order valence-corrected chi connectivity index (χ0v) is 9.36. The van der Waals surface area contributed by atoms with Crippen molar-refractivity contribution in [1.29, 1.82) is 5.26 Å². The van der Waals surface area contributed by atoms with Gasteiger partial charge in [0.05, 0.1) is 18.7 Å². The molecule has 0 fully saturated rings. The lowest BCUT2D eigenvalue weighted by molar-refractivity contribution is -0.142. The van der Waals surface area contributed by atoms with Gasteiger partial charge in [-0.25, -0.2) is 0 Å². The summed E-state index contributed by atoms with van der Waals surface area (Å²) >= 11 is 0. The number of carbonyl (C=O) groups excluding carboxylic acids is 1. The number of ether oxygens (including phenoxy) is 1. The lowest BCUT2D eigenvalue weighted by atomic mass is 9.98. The molecule has 0 saturated carbocycles. The van der Waals surface area contributed by atoms with Crippen molar-refractivity contribution in [2.45, 2.75) is 19.4 Å². The van der Waals surface area contributed by atoms with Crippen LogP contribution in [0.15, 0.2) is 18.2 Å². The lowest BCUT2D eigenvalue weighted by Crippen LogP contribution is -2.33. The van der Waals surface area contributed by atoms with Crippen molar-refractivity contribution < 1.29 is 9.53 Å². The van der Waals surface area contributed by atoms with Gasteiger partial charge in [0.1, 0.15) is 6.04 Å². The van der Waals surface area contributed by atoms with E-state index in [4.69, 9.17) is 11.0 Å². The van der Waals surface area contributed by atoms with E-state index >= 15 is 0 Å². The highest BCUT2D eigenvalue weighted by Crippen LogP contribution is 2.14. The molecule has 2 N–H and O–H groups in total. The summed E-state index contributed by atoms with van der Waals surface area (Å²) in [5.41, 5.74) is 8.03. The van der Waals surface area contributed by atoms with Gasteiger partial charge in [-0.1, -0.05) is 12.1 Å². The maximum absolute atomic E-state index is 11.2. The lowest BCUT2D eigenvalue weighted by Gasteiger charge is -2.11. The topological polar surface area (TPSA) is 76.1 Å². The largest absolute Gasteiger partial charge is 0.468 e. The fourth-order valence-electron chi connectivity index (χ4n) is 1.50. The van der Waals surface area contributed by atoms with E-state index in [9.17, 15) is 4.79 Å². The molecule has 0 saturated heterocycles. The Balaban J connectivity index is 2.90. The summed E-state index contributed by atoms with van der Waals surface area (Å²) in [5.74, 6) is -0.443. The van der Waals surface area contributed by atoms with E-state index in [-0.39, 0.29) is 0 Å². The molecule has 4 nitrogen and oxygen atoms in total. The molecule has 1 aromatic carbocycles. The standard InChI is InChI=1S/C12H14N2O2/c1-8-9(4-3-5-10(8)7-13)6-11(14)12(15)16-2/h3-5,11H,6,14H2,1-2H3/t11-/m1/s1. The minimum atomic E-state index is -0.683. The second kappa shape index (κ2) is 5.29. The van der Waals surface area contributed by atoms with Crippen LogP contribution in [-0.4, -0.2) is 19.1 Å². The summed E-state index contributed by atoms with van der Waals surface area (Å²) in [6.45, 7) is 1.85. The van der Waals surface area contributed by atoms with Crippen molar-refractivity contribution in [3.05, 3.63) is 34.9 Å². The third-order valence-electron chi connectivity index (χ3n) is 2.51. The summed E-state index contributed by atoms with van der Waals surface area (Å²) in [7, 11) is 1.31. The Kier molecular flexibility index (Phi) is 4.03. The third-order valence-corrected chi connectivity index (χ3v) is 2.51. The Bertz CT molecular complexity index is 435. The quantitative estimate of drug-likeness (QED) is 0.765. The molecule has 1 atom stereocenters. The molecule has 0 heterocycles. The van der Waals surface area contributed by atoms with Crippen molar-refractivity contribution in [1.82, 2.24) is 0 Å². The predicted molar refractivity (Wildman–Crippen MR) is 59.6 cm³/mol. The maximum atomic E-state index is 11.2. The normalized spacial score (nSPS) is 11.6. The minimum absolute atomic E-state index is 0.383. The van der Waals surface area contributed by atoms with Crippen LogP contribution in [0, 0.1) is 18.3 Å². The molecule has 4 heteroatoms. The van der Waals surface area contributed by atoms with Crippen LogP contribution >= 0.6 is 0 Å². The molecule has 0 aliphatic heterocycles. The van der Waals surface area contributed by atoms with Gasteiger partial charge in [-0.15, -0.1) is 0 Å². The zero-order valence-electron chi connectivity index (χ0n) is 9.36. The Morgan fingerprint density at radius 3 is 2.88 bits per heavy atom. The van der Waals surface area contributed by atoms with E-state index in [2.05, 4.69) is 10.8 Å². The molecule has 1 aromatic rings. The smallest absolute Gasteiger partial charge is 0.322 e. The van der Waals surface area contributed by atoms with Crippen LogP contribution in [0.3, 0.4) is 0 Å². The summed E-state index contributed by atoms with van der Waals surface area (Å²) in [6.07, 6.45) is 0.383. The Morgan fingerprint density at radius 1 is 1.62 bits per heavy atom. The summed E-state index contributed by atoms with van der Waals surface area (Å²) in [6, 6.07) is 6.79. The first-order valence-corrected chi connectivity index (χ1v) is 4.92. The van der Waals surface area contributed by atoms with Crippen LogP contribution in [0.1, 0.15) is 16.7 Å². The molecule has 0 bridgehead atoms. The van der Waals surface area contributed by atoms with Gasteiger partial charge in [0, 0.05) is 0 Å². The average molecular weight is 218 g/mol. The molecular formula is C12H14N2O2. The van der Waals surface area contributed by atoms with E-state index in [1.54, 1.807) is 12.1 Å². The van der Waals surface area contributed by atoms with E-state index in [1.807, 2.05) is 13.0 Å². The van der Waals surface area contributed by atoms with E-state index in [0.717, 1.165) is 11.1 Å². The number of nitriles is 1. The van der Waals surface area contributed by atoms with Crippen molar-refractivity contribution in [2.75, 3.05) is 7.11 Å². The summed E-state index contributed by atoms with van der Waals surface area (Å²) in [4.78, 5) is 11.2. The van der Waals surface area contributed by atoms with Crippen LogP contribution in [-0.2, 0) is 16.0 Å². The molecule has 0 spiro atoms. The summed E-state index contributed by atoms with van der Waals surface area (Å²) < 4.78 is 4.55. The minimum Gasteiger partial charge on any atom is -0.468 e. The number of nitrogens with zero attached hydrogens (tertiary/aromatic N) is 1. The number of rotatable bonds is 3. The average Bonchev–Trinajstić information content (AvgIpc) is 2.30. The number of hydrogen-bond donors (Lipinski definition) is 1.